The lowest BCUT2D eigenvalue weighted by atomic mass is 9.65. The van der Waals surface area contributed by atoms with Gasteiger partial charge in [0.05, 0.1) is 16.2 Å². The van der Waals surface area contributed by atoms with E-state index >= 15 is 0 Å². The zero-order valence-electron chi connectivity index (χ0n) is 13.3. The minimum atomic E-state index is -0.447. The topological polar surface area (TPSA) is 70.2 Å². The molecule has 0 radical (unpaired) electrons. The number of hydrogen-bond donors (Lipinski definition) is 0. The fraction of sp³-hybridized carbons (Fsp3) is 0.588. The quantitative estimate of drug-likeness (QED) is 0.614. The molecule has 2 fully saturated rings. The summed E-state index contributed by atoms with van der Waals surface area (Å²) < 4.78 is 0. The average molecular weight is 299 g/mol. The minimum Gasteiger partial charge on any atom is -0.367 e. The van der Waals surface area contributed by atoms with Gasteiger partial charge < -0.3 is 4.90 Å². The first kappa shape index (κ1) is 14.8. The molecule has 22 heavy (non-hydrogen) atoms. The number of hydrogen-bond acceptors (Lipinski definition) is 4. The summed E-state index contributed by atoms with van der Waals surface area (Å²) in [6.07, 6.45) is 3.42. The molecule has 2 atom stereocenters. The van der Waals surface area contributed by atoms with Gasteiger partial charge in [-0.2, -0.15) is 5.26 Å². The van der Waals surface area contributed by atoms with Gasteiger partial charge in [0.2, 0.25) is 0 Å². The lowest BCUT2D eigenvalue weighted by molar-refractivity contribution is -0.384. The largest absolute Gasteiger partial charge is 0.367 e. The first-order valence-electron chi connectivity index (χ1n) is 7.68. The summed E-state index contributed by atoms with van der Waals surface area (Å²) in [6.45, 7) is 7.86. The van der Waals surface area contributed by atoms with Crippen LogP contribution in [0.4, 0.5) is 11.4 Å². The highest BCUT2D eigenvalue weighted by Gasteiger charge is 2.49. The number of nitrogens with zero attached hydrogens (tertiary/aromatic N) is 3. The van der Waals surface area contributed by atoms with Crippen molar-refractivity contribution in [3.05, 3.63) is 33.9 Å². The van der Waals surface area contributed by atoms with Crippen LogP contribution in [0.1, 0.15) is 45.6 Å². The summed E-state index contributed by atoms with van der Waals surface area (Å²) in [5, 5.41) is 20.3. The first-order chi connectivity index (χ1) is 10.2. The number of nitro benzene ring substituents is 1. The summed E-state index contributed by atoms with van der Waals surface area (Å²) in [4.78, 5) is 12.8. The molecule has 1 aromatic carbocycles. The average Bonchev–Trinajstić information content (AvgIpc) is 2.67. The van der Waals surface area contributed by atoms with E-state index in [-0.39, 0.29) is 11.1 Å². The van der Waals surface area contributed by atoms with Gasteiger partial charge in [0.15, 0.2) is 0 Å². The maximum Gasteiger partial charge on any atom is 0.270 e. The smallest absolute Gasteiger partial charge is 0.270 e. The van der Waals surface area contributed by atoms with Crippen molar-refractivity contribution < 1.29 is 4.92 Å². The third kappa shape index (κ3) is 2.43. The molecular formula is C17H21N3O2. The van der Waals surface area contributed by atoms with E-state index < -0.39 is 4.92 Å². The van der Waals surface area contributed by atoms with Crippen molar-refractivity contribution in [1.29, 1.82) is 5.26 Å². The van der Waals surface area contributed by atoms with Gasteiger partial charge in [0.1, 0.15) is 6.07 Å². The Morgan fingerprint density at radius 2 is 2.09 bits per heavy atom. The second-order valence-corrected chi connectivity index (χ2v) is 7.91. The zero-order valence-corrected chi connectivity index (χ0v) is 13.3. The summed E-state index contributed by atoms with van der Waals surface area (Å²) in [5.74, 6) is 0. The van der Waals surface area contributed by atoms with E-state index in [1.807, 2.05) is 0 Å². The van der Waals surface area contributed by atoms with E-state index in [1.165, 1.54) is 18.6 Å². The molecule has 2 aliphatic rings. The van der Waals surface area contributed by atoms with E-state index in [0.717, 1.165) is 25.1 Å². The van der Waals surface area contributed by atoms with Crippen molar-refractivity contribution in [3.63, 3.8) is 0 Å². The molecule has 0 N–H and O–H groups in total. The third-order valence-corrected chi connectivity index (χ3v) is 5.04. The maximum atomic E-state index is 10.9. The van der Waals surface area contributed by atoms with Crippen LogP contribution in [-0.2, 0) is 0 Å². The van der Waals surface area contributed by atoms with E-state index in [1.54, 1.807) is 6.07 Å². The molecule has 1 aliphatic carbocycles. The van der Waals surface area contributed by atoms with Crippen LogP contribution in [0.2, 0.25) is 0 Å². The highest BCUT2D eigenvalue weighted by molar-refractivity contribution is 5.64. The van der Waals surface area contributed by atoms with Crippen LogP contribution in [0, 0.1) is 32.3 Å². The number of nitriles is 1. The highest BCUT2D eigenvalue weighted by Crippen LogP contribution is 2.53. The van der Waals surface area contributed by atoms with Crippen molar-refractivity contribution in [1.82, 2.24) is 0 Å². The zero-order chi connectivity index (χ0) is 16.1. The second kappa shape index (κ2) is 4.70. The Morgan fingerprint density at radius 3 is 2.73 bits per heavy atom. The lowest BCUT2D eigenvalue weighted by Gasteiger charge is -2.39. The monoisotopic (exact) mass is 299 g/mol. The number of benzene rings is 1. The predicted molar refractivity (Wildman–Crippen MR) is 84.7 cm³/mol. The molecule has 0 aromatic heterocycles. The SMILES string of the molecule is CC1(C)C[C@H]2C[C@@](C)(CN2c2ccc([N+](=O)[O-])cc2C#N)C1. The van der Waals surface area contributed by atoms with Crippen LogP contribution in [-0.4, -0.2) is 17.5 Å². The normalized spacial score (nSPS) is 29.2. The number of fused-ring (bicyclic) bond motifs is 2. The predicted octanol–water partition coefficient (Wildman–Crippen LogP) is 3.87. The van der Waals surface area contributed by atoms with Gasteiger partial charge in [-0.1, -0.05) is 20.8 Å². The molecule has 0 spiro atoms. The van der Waals surface area contributed by atoms with Gasteiger partial charge in [-0.25, -0.2) is 0 Å². The number of non-ortho nitro benzene ring substituents is 1. The number of rotatable bonds is 2. The van der Waals surface area contributed by atoms with Crippen molar-refractivity contribution in [2.24, 2.45) is 10.8 Å². The molecule has 1 heterocycles. The van der Waals surface area contributed by atoms with Crippen LogP contribution >= 0.6 is 0 Å². The Labute approximate surface area is 130 Å². The Balaban J connectivity index is 1.99. The van der Waals surface area contributed by atoms with Crippen molar-refractivity contribution in [2.75, 3.05) is 11.4 Å². The van der Waals surface area contributed by atoms with Gasteiger partial charge in [-0.3, -0.25) is 10.1 Å². The van der Waals surface area contributed by atoms with Gasteiger partial charge in [-0.15, -0.1) is 0 Å². The van der Waals surface area contributed by atoms with Crippen LogP contribution in [0.25, 0.3) is 0 Å². The van der Waals surface area contributed by atoms with Crippen LogP contribution < -0.4 is 4.90 Å². The fourth-order valence-corrected chi connectivity index (χ4v) is 4.72. The van der Waals surface area contributed by atoms with Crippen molar-refractivity contribution in [2.45, 2.75) is 46.1 Å². The standard InChI is InChI=1S/C17H21N3O2/c1-16(2)7-14-8-17(3,10-16)11-19(14)15-5-4-13(20(21)22)6-12(15)9-18/h4-6,14H,7-8,10-11H2,1-3H3/t14-,17+/m0/s1. The summed E-state index contributed by atoms with van der Waals surface area (Å²) in [7, 11) is 0. The molecule has 1 aromatic rings. The highest BCUT2D eigenvalue weighted by atomic mass is 16.6. The first-order valence-corrected chi connectivity index (χ1v) is 7.68. The van der Waals surface area contributed by atoms with Gasteiger partial charge in [-0.05, 0) is 36.2 Å². The van der Waals surface area contributed by atoms with E-state index in [4.69, 9.17) is 0 Å². The molecule has 5 nitrogen and oxygen atoms in total. The molecule has 1 aliphatic heterocycles. The molecule has 0 unspecified atom stereocenters. The van der Waals surface area contributed by atoms with Gasteiger partial charge in [0.25, 0.3) is 5.69 Å². The van der Waals surface area contributed by atoms with Crippen molar-refractivity contribution >= 4 is 11.4 Å². The molecule has 5 heteroatoms. The van der Waals surface area contributed by atoms with Crippen LogP contribution in [0.15, 0.2) is 18.2 Å². The van der Waals surface area contributed by atoms with E-state index in [9.17, 15) is 15.4 Å². The minimum absolute atomic E-state index is 0.0194. The Kier molecular flexibility index (Phi) is 3.17. The molecule has 116 valence electrons. The molecular weight excluding hydrogens is 278 g/mol. The van der Waals surface area contributed by atoms with Crippen molar-refractivity contribution in [3.8, 4) is 6.07 Å². The van der Waals surface area contributed by atoms with Crippen LogP contribution in [0.3, 0.4) is 0 Å². The Morgan fingerprint density at radius 1 is 1.36 bits per heavy atom. The molecule has 3 rings (SSSR count). The summed E-state index contributed by atoms with van der Waals surface area (Å²) in [5.41, 5.74) is 1.80. The van der Waals surface area contributed by atoms with Crippen LogP contribution in [0.5, 0.6) is 0 Å². The number of nitro groups is 1. The Bertz CT molecular complexity index is 677. The lowest BCUT2D eigenvalue weighted by Crippen LogP contribution is -2.34. The molecule has 0 amide bonds. The summed E-state index contributed by atoms with van der Waals surface area (Å²) >= 11 is 0. The fourth-order valence-electron chi connectivity index (χ4n) is 4.72. The van der Waals surface area contributed by atoms with Gasteiger partial charge in [0, 0.05) is 24.7 Å². The Hall–Kier alpha value is -2.09. The van der Waals surface area contributed by atoms with E-state index in [2.05, 4.69) is 31.7 Å². The number of anilines is 1. The molecule has 1 saturated heterocycles. The molecule has 2 bridgehead atoms. The summed E-state index contributed by atoms with van der Waals surface area (Å²) in [6, 6.07) is 7.20. The molecule has 1 saturated carbocycles. The van der Waals surface area contributed by atoms with E-state index in [0.29, 0.717) is 17.0 Å². The maximum absolute atomic E-state index is 10.9. The second-order valence-electron chi connectivity index (χ2n) is 7.91. The third-order valence-electron chi connectivity index (χ3n) is 5.04. The van der Waals surface area contributed by atoms with Gasteiger partial charge >= 0.3 is 0 Å².